The third kappa shape index (κ3) is 2.04. The van der Waals surface area contributed by atoms with Gasteiger partial charge in [-0.25, -0.2) is 4.98 Å². The molecule has 1 aliphatic carbocycles. The van der Waals surface area contributed by atoms with Gasteiger partial charge in [-0.15, -0.1) is 11.6 Å². The van der Waals surface area contributed by atoms with Crippen LogP contribution in [-0.2, 0) is 12.4 Å². The number of aromatic nitrogens is 2. The van der Waals surface area contributed by atoms with Gasteiger partial charge in [0.1, 0.15) is 5.82 Å². The summed E-state index contributed by atoms with van der Waals surface area (Å²) in [6.45, 7) is 3.30. The van der Waals surface area contributed by atoms with E-state index in [1.807, 2.05) is 18.2 Å². The number of halogens is 2. The summed E-state index contributed by atoms with van der Waals surface area (Å²) < 4.78 is 2.22. The van der Waals surface area contributed by atoms with E-state index < -0.39 is 0 Å². The molecule has 17 heavy (non-hydrogen) atoms. The highest BCUT2D eigenvalue weighted by molar-refractivity contribution is 6.31. The molecule has 1 saturated carbocycles. The zero-order valence-corrected chi connectivity index (χ0v) is 11.2. The minimum absolute atomic E-state index is 0.452. The van der Waals surface area contributed by atoms with Gasteiger partial charge in [0, 0.05) is 11.6 Å². The van der Waals surface area contributed by atoms with Crippen molar-refractivity contribution in [3.8, 4) is 0 Å². The van der Waals surface area contributed by atoms with E-state index in [0.29, 0.717) is 5.88 Å². The molecule has 0 amide bonds. The van der Waals surface area contributed by atoms with Crippen molar-refractivity contribution in [2.75, 3.05) is 0 Å². The lowest BCUT2D eigenvalue weighted by Gasteiger charge is -2.06. The van der Waals surface area contributed by atoms with Gasteiger partial charge >= 0.3 is 0 Å². The van der Waals surface area contributed by atoms with Crippen molar-refractivity contribution in [2.24, 2.45) is 11.8 Å². The molecule has 1 fully saturated rings. The molecule has 0 bridgehead atoms. The summed E-state index contributed by atoms with van der Waals surface area (Å²) in [7, 11) is 0. The maximum Gasteiger partial charge on any atom is 0.124 e. The number of hydrogen-bond acceptors (Lipinski definition) is 1. The Kier molecular flexibility index (Phi) is 2.80. The van der Waals surface area contributed by atoms with E-state index in [1.165, 1.54) is 6.42 Å². The summed E-state index contributed by atoms with van der Waals surface area (Å²) >= 11 is 12.0. The lowest BCUT2D eigenvalue weighted by Crippen LogP contribution is -2.04. The summed E-state index contributed by atoms with van der Waals surface area (Å²) in [5.74, 6) is 3.00. The van der Waals surface area contributed by atoms with Crippen LogP contribution >= 0.6 is 23.2 Å². The molecule has 0 radical (unpaired) electrons. The molecule has 2 atom stereocenters. The zero-order valence-electron chi connectivity index (χ0n) is 9.66. The summed E-state index contributed by atoms with van der Waals surface area (Å²) in [4.78, 5) is 4.55. The molecule has 0 N–H and O–H groups in total. The Morgan fingerprint density at radius 1 is 1.47 bits per heavy atom. The van der Waals surface area contributed by atoms with Gasteiger partial charge in [0.25, 0.3) is 0 Å². The van der Waals surface area contributed by atoms with Crippen LogP contribution in [0.1, 0.15) is 19.2 Å². The number of alkyl halides is 1. The molecular formula is C13H14Cl2N2. The van der Waals surface area contributed by atoms with Gasteiger partial charge in [0.2, 0.25) is 0 Å². The van der Waals surface area contributed by atoms with E-state index in [0.717, 1.165) is 40.3 Å². The highest BCUT2D eigenvalue weighted by Crippen LogP contribution is 2.40. The minimum Gasteiger partial charge on any atom is -0.327 e. The summed E-state index contributed by atoms with van der Waals surface area (Å²) in [5.41, 5.74) is 2.09. The van der Waals surface area contributed by atoms with Crippen molar-refractivity contribution in [2.45, 2.75) is 25.8 Å². The molecule has 1 heterocycles. The second-order valence-corrected chi connectivity index (χ2v) is 5.58. The molecular weight excluding hydrogens is 255 g/mol. The molecule has 4 heteroatoms. The number of imidazole rings is 1. The molecule has 2 nitrogen and oxygen atoms in total. The average molecular weight is 269 g/mol. The third-order valence-corrected chi connectivity index (χ3v) is 4.08. The van der Waals surface area contributed by atoms with E-state index in [1.54, 1.807) is 0 Å². The molecule has 90 valence electrons. The molecule has 2 aromatic rings. The Morgan fingerprint density at radius 3 is 2.88 bits per heavy atom. The Bertz CT molecular complexity index is 562. The van der Waals surface area contributed by atoms with Crippen LogP contribution in [-0.4, -0.2) is 9.55 Å². The predicted octanol–water partition coefficient (Wildman–Crippen LogP) is 4.08. The van der Waals surface area contributed by atoms with Crippen LogP contribution < -0.4 is 0 Å². The molecule has 0 spiro atoms. The molecule has 0 saturated heterocycles. The Labute approximate surface area is 111 Å². The summed E-state index contributed by atoms with van der Waals surface area (Å²) in [6.07, 6.45) is 1.31. The number of fused-ring (bicyclic) bond motifs is 1. The van der Waals surface area contributed by atoms with Gasteiger partial charge in [-0.05, 0) is 36.5 Å². The fraction of sp³-hybridized carbons (Fsp3) is 0.462. The van der Waals surface area contributed by atoms with Crippen LogP contribution in [0.15, 0.2) is 18.2 Å². The number of benzene rings is 1. The highest BCUT2D eigenvalue weighted by atomic mass is 35.5. The van der Waals surface area contributed by atoms with Gasteiger partial charge in [-0.3, -0.25) is 0 Å². The molecule has 2 unspecified atom stereocenters. The maximum absolute atomic E-state index is 6.05. The largest absolute Gasteiger partial charge is 0.327 e. The lowest BCUT2D eigenvalue weighted by molar-refractivity contribution is 0.591. The first kappa shape index (κ1) is 11.4. The predicted molar refractivity (Wildman–Crippen MR) is 71.6 cm³/mol. The van der Waals surface area contributed by atoms with Crippen molar-refractivity contribution >= 4 is 34.2 Å². The SMILES string of the molecule is CC1CC1Cn1c(CCl)nc2ccc(Cl)cc21. The van der Waals surface area contributed by atoms with E-state index in [9.17, 15) is 0 Å². The quantitative estimate of drug-likeness (QED) is 0.767. The van der Waals surface area contributed by atoms with Crippen molar-refractivity contribution in [3.05, 3.63) is 29.0 Å². The Hall–Kier alpha value is -0.730. The van der Waals surface area contributed by atoms with Crippen molar-refractivity contribution < 1.29 is 0 Å². The fourth-order valence-electron chi connectivity index (χ4n) is 2.34. The molecule has 0 aliphatic heterocycles. The van der Waals surface area contributed by atoms with Gasteiger partial charge in [-0.2, -0.15) is 0 Å². The Balaban J connectivity index is 2.08. The number of nitrogens with zero attached hydrogens (tertiary/aromatic N) is 2. The molecule has 1 aromatic heterocycles. The monoisotopic (exact) mass is 268 g/mol. The molecule has 1 aromatic carbocycles. The smallest absolute Gasteiger partial charge is 0.124 e. The van der Waals surface area contributed by atoms with Crippen LogP contribution in [0.3, 0.4) is 0 Å². The van der Waals surface area contributed by atoms with E-state index in [4.69, 9.17) is 23.2 Å². The maximum atomic E-state index is 6.05. The molecule has 3 rings (SSSR count). The first-order chi connectivity index (χ1) is 8.19. The van der Waals surface area contributed by atoms with Crippen LogP contribution in [0.4, 0.5) is 0 Å². The minimum atomic E-state index is 0.452. The first-order valence-electron chi connectivity index (χ1n) is 5.89. The topological polar surface area (TPSA) is 17.8 Å². The molecule has 1 aliphatic rings. The summed E-state index contributed by atoms with van der Waals surface area (Å²) in [6, 6.07) is 5.81. The fourth-order valence-corrected chi connectivity index (χ4v) is 2.71. The van der Waals surface area contributed by atoms with Gasteiger partial charge in [0.15, 0.2) is 0 Å². The van der Waals surface area contributed by atoms with Crippen LogP contribution in [0.25, 0.3) is 11.0 Å². The second kappa shape index (κ2) is 4.18. The number of rotatable bonds is 3. The van der Waals surface area contributed by atoms with Gasteiger partial charge in [-0.1, -0.05) is 18.5 Å². The van der Waals surface area contributed by atoms with Crippen LogP contribution in [0.2, 0.25) is 5.02 Å². The van der Waals surface area contributed by atoms with E-state index >= 15 is 0 Å². The normalized spacial score (nSPS) is 23.2. The third-order valence-electron chi connectivity index (χ3n) is 3.60. The highest BCUT2D eigenvalue weighted by Gasteiger charge is 2.33. The Morgan fingerprint density at radius 2 is 2.24 bits per heavy atom. The van der Waals surface area contributed by atoms with Crippen LogP contribution in [0, 0.1) is 11.8 Å². The number of hydrogen-bond donors (Lipinski definition) is 0. The summed E-state index contributed by atoms with van der Waals surface area (Å²) in [5, 5.41) is 0.753. The van der Waals surface area contributed by atoms with Crippen molar-refractivity contribution in [3.63, 3.8) is 0 Å². The van der Waals surface area contributed by atoms with Gasteiger partial charge < -0.3 is 4.57 Å². The first-order valence-corrected chi connectivity index (χ1v) is 6.81. The second-order valence-electron chi connectivity index (χ2n) is 4.88. The zero-order chi connectivity index (χ0) is 12.0. The van der Waals surface area contributed by atoms with E-state index in [-0.39, 0.29) is 0 Å². The standard InChI is InChI=1S/C13H14Cl2N2/c1-8-4-9(8)7-17-12-5-10(15)2-3-11(12)16-13(17)6-14/h2-3,5,8-9H,4,6-7H2,1H3. The van der Waals surface area contributed by atoms with E-state index in [2.05, 4.69) is 16.5 Å². The van der Waals surface area contributed by atoms with Gasteiger partial charge in [0.05, 0.1) is 16.9 Å². The average Bonchev–Trinajstić information content (AvgIpc) is 2.89. The van der Waals surface area contributed by atoms with Crippen LogP contribution in [0.5, 0.6) is 0 Å². The van der Waals surface area contributed by atoms with Crippen molar-refractivity contribution in [1.29, 1.82) is 0 Å². The van der Waals surface area contributed by atoms with Crippen molar-refractivity contribution in [1.82, 2.24) is 9.55 Å². The lowest BCUT2D eigenvalue weighted by atomic mass is 10.3.